The van der Waals surface area contributed by atoms with E-state index in [0.29, 0.717) is 5.92 Å². The van der Waals surface area contributed by atoms with Crippen LogP contribution in [0.1, 0.15) is 39.2 Å². The van der Waals surface area contributed by atoms with Gasteiger partial charge < -0.3 is 10.1 Å². The van der Waals surface area contributed by atoms with Crippen LogP contribution in [0.5, 0.6) is 5.75 Å². The Morgan fingerprint density at radius 2 is 2.21 bits per heavy atom. The molecule has 1 unspecified atom stereocenters. The highest BCUT2D eigenvalue weighted by Gasteiger charge is 2.20. The number of halogens is 1. The Morgan fingerprint density at radius 1 is 1.42 bits per heavy atom. The van der Waals surface area contributed by atoms with Crippen molar-refractivity contribution in [3.63, 3.8) is 0 Å². The maximum Gasteiger partial charge on any atom is 0.133 e. The Morgan fingerprint density at radius 3 is 2.79 bits per heavy atom. The first kappa shape index (κ1) is 14.9. The molecule has 1 fully saturated rings. The van der Waals surface area contributed by atoms with Crippen LogP contribution in [0.4, 0.5) is 0 Å². The first-order valence-corrected chi connectivity index (χ1v) is 7.96. The summed E-state index contributed by atoms with van der Waals surface area (Å²) < 4.78 is 7.00. The van der Waals surface area contributed by atoms with Gasteiger partial charge in [-0.2, -0.15) is 0 Å². The fourth-order valence-corrected chi connectivity index (χ4v) is 2.80. The first-order valence-electron chi connectivity index (χ1n) is 7.16. The standard InChI is InChI=1S/C16H24BrNO/c1-4-16(2,3)13-5-6-15(14(17)9-13)19-11-12-7-8-18-10-12/h5-6,9,12,18H,4,7-8,10-11H2,1-3H3. The summed E-state index contributed by atoms with van der Waals surface area (Å²) in [5.74, 6) is 1.61. The van der Waals surface area contributed by atoms with Gasteiger partial charge in [-0.15, -0.1) is 0 Å². The zero-order valence-corrected chi connectivity index (χ0v) is 13.7. The van der Waals surface area contributed by atoms with E-state index in [1.165, 1.54) is 12.0 Å². The number of rotatable bonds is 5. The molecule has 1 N–H and O–H groups in total. The van der Waals surface area contributed by atoms with Gasteiger partial charge in [0.25, 0.3) is 0 Å². The average molecular weight is 326 g/mol. The number of nitrogens with one attached hydrogen (secondary N) is 1. The van der Waals surface area contributed by atoms with Crippen molar-refractivity contribution in [3.8, 4) is 5.75 Å². The number of ether oxygens (including phenoxy) is 1. The molecule has 0 bridgehead atoms. The second-order valence-corrected chi connectivity index (χ2v) is 6.91. The average Bonchev–Trinajstić information content (AvgIpc) is 2.90. The lowest BCUT2D eigenvalue weighted by atomic mass is 9.82. The zero-order valence-electron chi connectivity index (χ0n) is 12.1. The van der Waals surface area contributed by atoms with E-state index in [-0.39, 0.29) is 5.41 Å². The molecule has 1 heterocycles. The Labute approximate surface area is 125 Å². The second kappa shape index (κ2) is 6.27. The Hall–Kier alpha value is -0.540. The molecule has 1 aromatic rings. The molecule has 2 rings (SSSR count). The maximum atomic E-state index is 5.94. The van der Waals surface area contributed by atoms with Crippen molar-refractivity contribution >= 4 is 15.9 Å². The zero-order chi connectivity index (χ0) is 13.9. The number of hydrogen-bond donors (Lipinski definition) is 1. The third-order valence-electron chi connectivity index (χ3n) is 4.23. The van der Waals surface area contributed by atoms with Gasteiger partial charge in [0.1, 0.15) is 5.75 Å². The molecule has 1 saturated heterocycles. The summed E-state index contributed by atoms with van der Waals surface area (Å²) in [6, 6.07) is 6.49. The van der Waals surface area contributed by atoms with E-state index in [9.17, 15) is 0 Å². The lowest BCUT2D eigenvalue weighted by molar-refractivity contribution is 0.258. The molecule has 0 amide bonds. The van der Waals surface area contributed by atoms with E-state index >= 15 is 0 Å². The fourth-order valence-electron chi connectivity index (χ4n) is 2.31. The van der Waals surface area contributed by atoms with Crippen molar-refractivity contribution in [1.82, 2.24) is 5.32 Å². The van der Waals surface area contributed by atoms with E-state index < -0.39 is 0 Å². The number of benzene rings is 1. The summed E-state index contributed by atoms with van der Waals surface area (Å²) >= 11 is 3.64. The van der Waals surface area contributed by atoms with Gasteiger partial charge >= 0.3 is 0 Å². The molecule has 0 aromatic heterocycles. The van der Waals surface area contributed by atoms with Crippen LogP contribution < -0.4 is 10.1 Å². The fraction of sp³-hybridized carbons (Fsp3) is 0.625. The van der Waals surface area contributed by atoms with Gasteiger partial charge in [-0.1, -0.05) is 26.8 Å². The lowest BCUT2D eigenvalue weighted by Gasteiger charge is -2.24. The second-order valence-electron chi connectivity index (χ2n) is 6.05. The lowest BCUT2D eigenvalue weighted by Crippen LogP contribution is -2.17. The minimum Gasteiger partial charge on any atom is -0.492 e. The van der Waals surface area contributed by atoms with Crippen molar-refractivity contribution in [1.29, 1.82) is 0 Å². The van der Waals surface area contributed by atoms with Crippen LogP contribution in [0, 0.1) is 5.92 Å². The Balaban J connectivity index is 2.02. The van der Waals surface area contributed by atoms with Crippen molar-refractivity contribution in [3.05, 3.63) is 28.2 Å². The summed E-state index contributed by atoms with van der Waals surface area (Å²) in [5, 5.41) is 3.37. The van der Waals surface area contributed by atoms with Crippen LogP contribution in [0.3, 0.4) is 0 Å². The van der Waals surface area contributed by atoms with Crippen molar-refractivity contribution < 1.29 is 4.74 Å². The largest absolute Gasteiger partial charge is 0.492 e. The number of hydrogen-bond acceptors (Lipinski definition) is 2. The molecule has 1 aromatic carbocycles. The van der Waals surface area contributed by atoms with Crippen LogP contribution in [-0.2, 0) is 5.41 Å². The molecule has 1 aliphatic heterocycles. The summed E-state index contributed by atoms with van der Waals surface area (Å²) in [6.07, 6.45) is 2.35. The molecule has 0 saturated carbocycles. The molecule has 0 aliphatic carbocycles. The maximum absolute atomic E-state index is 5.94. The third kappa shape index (κ3) is 3.73. The van der Waals surface area contributed by atoms with E-state index in [1.54, 1.807) is 0 Å². The SMILES string of the molecule is CCC(C)(C)c1ccc(OCC2CCNC2)c(Br)c1. The van der Waals surface area contributed by atoms with Gasteiger partial charge in [-0.05, 0) is 58.4 Å². The van der Waals surface area contributed by atoms with Crippen LogP contribution in [0.15, 0.2) is 22.7 Å². The van der Waals surface area contributed by atoms with E-state index in [2.05, 4.69) is 60.2 Å². The predicted molar refractivity (Wildman–Crippen MR) is 83.9 cm³/mol. The Bertz CT molecular complexity index is 425. The van der Waals surface area contributed by atoms with E-state index in [0.717, 1.165) is 36.3 Å². The normalized spacial score (nSPS) is 19.7. The highest BCUT2D eigenvalue weighted by atomic mass is 79.9. The van der Waals surface area contributed by atoms with Gasteiger partial charge in [0, 0.05) is 12.5 Å². The molecule has 0 spiro atoms. The molecular formula is C16H24BrNO. The molecular weight excluding hydrogens is 302 g/mol. The summed E-state index contributed by atoms with van der Waals surface area (Å²) in [6.45, 7) is 9.80. The third-order valence-corrected chi connectivity index (χ3v) is 4.85. The Kier molecular flexibility index (Phi) is 4.91. The van der Waals surface area contributed by atoms with Crippen molar-refractivity contribution in [2.75, 3.05) is 19.7 Å². The van der Waals surface area contributed by atoms with Crippen molar-refractivity contribution in [2.24, 2.45) is 5.92 Å². The molecule has 1 atom stereocenters. The van der Waals surface area contributed by atoms with Gasteiger partial charge in [0.05, 0.1) is 11.1 Å². The summed E-state index contributed by atoms with van der Waals surface area (Å²) in [5.41, 5.74) is 1.58. The van der Waals surface area contributed by atoms with Crippen molar-refractivity contribution in [2.45, 2.75) is 39.0 Å². The van der Waals surface area contributed by atoms with Crippen LogP contribution in [-0.4, -0.2) is 19.7 Å². The molecule has 106 valence electrons. The minimum atomic E-state index is 0.219. The van der Waals surface area contributed by atoms with Gasteiger partial charge in [-0.25, -0.2) is 0 Å². The molecule has 1 aliphatic rings. The van der Waals surface area contributed by atoms with Gasteiger partial charge in [0.2, 0.25) is 0 Å². The molecule has 19 heavy (non-hydrogen) atoms. The topological polar surface area (TPSA) is 21.3 Å². The minimum absolute atomic E-state index is 0.219. The monoisotopic (exact) mass is 325 g/mol. The molecule has 2 nitrogen and oxygen atoms in total. The highest BCUT2D eigenvalue weighted by molar-refractivity contribution is 9.10. The van der Waals surface area contributed by atoms with E-state index in [1.807, 2.05) is 0 Å². The van der Waals surface area contributed by atoms with Crippen LogP contribution in [0.2, 0.25) is 0 Å². The molecule has 0 radical (unpaired) electrons. The predicted octanol–water partition coefficient (Wildman–Crippen LogP) is 4.13. The van der Waals surface area contributed by atoms with Crippen LogP contribution >= 0.6 is 15.9 Å². The summed E-state index contributed by atoms with van der Waals surface area (Å²) in [7, 11) is 0. The smallest absolute Gasteiger partial charge is 0.133 e. The summed E-state index contributed by atoms with van der Waals surface area (Å²) in [4.78, 5) is 0. The van der Waals surface area contributed by atoms with E-state index in [4.69, 9.17) is 4.74 Å². The quantitative estimate of drug-likeness (QED) is 0.879. The highest BCUT2D eigenvalue weighted by Crippen LogP contribution is 2.33. The first-order chi connectivity index (χ1) is 9.03. The molecule has 3 heteroatoms. The van der Waals surface area contributed by atoms with Gasteiger partial charge in [0.15, 0.2) is 0 Å². The van der Waals surface area contributed by atoms with Crippen LogP contribution in [0.25, 0.3) is 0 Å². The van der Waals surface area contributed by atoms with Gasteiger partial charge in [-0.3, -0.25) is 0 Å².